The molecule has 2 aromatic rings. The van der Waals surface area contributed by atoms with E-state index in [0.29, 0.717) is 5.88 Å². The van der Waals surface area contributed by atoms with Gasteiger partial charge in [-0.3, -0.25) is 0 Å². The number of aromatic nitrogens is 2. The third-order valence-corrected chi connectivity index (χ3v) is 3.14. The molecule has 1 aliphatic rings. The van der Waals surface area contributed by atoms with Gasteiger partial charge < -0.3 is 14.8 Å². The fraction of sp³-hybridized carbons (Fsp3) is 0.333. The molecule has 20 heavy (non-hydrogen) atoms. The molecule has 0 bridgehead atoms. The van der Waals surface area contributed by atoms with Crippen LogP contribution in [0.2, 0.25) is 0 Å². The molecule has 1 saturated heterocycles. The van der Waals surface area contributed by atoms with E-state index in [1.165, 1.54) is 0 Å². The van der Waals surface area contributed by atoms with Crippen molar-refractivity contribution in [2.75, 3.05) is 19.7 Å². The van der Waals surface area contributed by atoms with Gasteiger partial charge in [0.15, 0.2) is 0 Å². The van der Waals surface area contributed by atoms with Crippen LogP contribution in [0.4, 0.5) is 0 Å². The Labute approximate surface area is 117 Å². The van der Waals surface area contributed by atoms with Crippen molar-refractivity contribution >= 4 is 0 Å². The molecule has 1 atom stereocenters. The normalized spacial score (nSPS) is 18.8. The average Bonchev–Trinajstić information content (AvgIpc) is 2.49. The topological polar surface area (TPSA) is 56.3 Å². The smallest absolute Gasteiger partial charge is 0.238 e. The third kappa shape index (κ3) is 3.12. The predicted octanol–water partition coefficient (Wildman–Crippen LogP) is 2.24. The van der Waals surface area contributed by atoms with Crippen molar-refractivity contribution in [1.82, 2.24) is 15.5 Å². The molecule has 0 saturated carbocycles. The molecule has 0 unspecified atom stereocenters. The van der Waals surface area contributed by atoms with Crippen LogP contribution in [0.5, 0.6) is 11.6 Å². The zero-order chi connectivity index (χ0) is 13.8. The van der Waals surface area contributed by atoms with Crippen molar-refractivity contribution in [2.45, 2.75) is 13.0 Å². The van der Waals surface area contributed by atoms with Gasteiger partial charge in [0.25, 0.3) is 0 Å². The molecule has 1 aromatic carbocycles. The number of nitrogens with one attached hydrogen (secondary N) is 1. The van der Waals surface area contributed by atoms with Crippen molar-refractivity contribution in [3.63, 3.8) is 0 Å². The van der Waals surface area contributed by atoms with Gasteiger partial charge in [0.2, 0.25) is 5.88 Å². The Bertz CT molecular complexity index is 569. The molecule has 0 spiro atoms. The monoisotopic (exact) mass is 271 g/mol. The molecular weight excluding hydrogens is 254 g/mol. The first kappa shape index (κ1) is 13.0. The predicted molar refractivity (Wildman–Crippen MR) is 74.8 cm³/mol. The Hall–Kier alpha value is -1.98. The highest BCUT2D eigenvalue weighted by atomic mass is 16.5. The lowest BCUT2D eigenvalue weighted by atomic mass is 10.1. The zero-order valence-electron chi connectivity index (χ0n) is 11.4. The summed E-state index contributed by atoms with van der Waals surface area (Å²) in [7, 11) is 0. The number of hydrogen-bond acceptors (Lipinski definition) is 5. The molecule has 2 heterocycles. The second kappa shape index (κ2) is 5.98. The van der Waals surface area contributed by atoms with Crippen LogP contribution < -0.4 is 10.1 Å². The number of benzene rings is 1. The minimum absolute atomic E-state index is 0.0767. The van der Waals surface area contributed by atoms with Gasteiger partial charge in [0.1, 0.15) is 5.75 Å². The summed E-state index contributed by atoms with van der Waals surface area (Å²) in [6.07, 6.45) is 1.70. The summed E-state index contributed by atoms with van der Waals surface area (Å²) >= 11 is 0. The maximum absolute atomic E-state index is 5.78. The summed E-state index contributed by atoms with van der Waals surface area (Å²) in [5.74, 6) is 1.25. The maximum Gasteiger partial charge on any atom is 0.238 e. The van der Waals surface area contributed by atoms with Crippen LogP contribution in [-0.4, -0.2) is 29.9 Å². The Morgan fingerprint density at radius 2 is 2.30 bits per heavy atom. The molecule has 1 aliphatic heterocycles. The first-order valence-corrected chi connectivity index (χ1v) is 6.71. The van der Waals surface area contributed by atoms with Gasteiger partial charge in [-0.1, -0.05) is 6.07 Å². The minimum Gasteiger partial charge on any atom is -0.438 e. The van der Waals surface area contributed by atoms with E-state index in [1.54, 1.807) is 18.3 Å². The van der Waals surface area contributed by atoms with Crippen LogP contribution in [0, 0.1) is 6.92 Å². The summed E-state index contributed by atoms with van der Waals surface area (Å²) in [5.41, 5.74) is 2.26. The highest BCUT2D eigenvalue weighted by Crippen LogP contribution is 2.27. The number of rotatable bonds is 3. The van der Waals surface area contributed by atoms with E-state index in [2.05, 4.69) is 21.6 Å². The van der Waals surface area contributed by atoms with E-state index in [-0.39, 0.29) is 6.10 Å². The molecule has 1 N–H and O–H groups in total. The minimum atomic E-state index is 0.0767. The average molecular weight is 271 g/mol. The highest BCUT2D eigenvalue weighted by Gasteiger charge is 2.17. The fourth-order valence-electron chi connectivity index (χ4n) is 2.26. The van der Waals surface area contributed by atoms with Crippen LogP contribution in [0.15, 0.2) is 36.5 Å². The molecule has 5 heteroatoms. The summed E-state index contributed by atoms with van der Waals surface area (Å²) in [5, 5.41) is 11.1. The molecule has 0 aliphatic carbocycles. The molecule has 0 amide bonds. The van der Waals surface area contributed by atoms with Gasteiger partial charge >= 0.3 is 0 Å². The molecule has 1 aromatic heterocycles. The standard InChI is InChI=1S/C15H17N3O2/c1-11-7-12(14-10-16-5-6-19-14)9-13(8-11)20-15-3-2-4-17-18-15/h2-4,7-9,14,16H,5-6,10H2,1H3/t14-/m1/s1. The van der Waals surface area contributed by atoms with Gasteiger partial charge in [0.05, 0.1) is 12.7 Å². The first-order chi connectivity index (χ1) is 9.81. The fourth-order valence-corrected chi connectivity index (χ4v) is 2.26. The van der Waals surface area contributed by atoms with Gasteiger partial charge in [-0.25, -0.2) is 0 Å². The molecular formula is C15H17N3O2. The number of morpholine rings is 1. The summed E-state index contributed by atoms with van der Waals surface area (Å²) in [6.45, 7) is 4.52. The molecule has 104 valence electrons. The van der Waals surface area contributed by atoms with Gasteiger partial charge in [0, 0.05) is 25.4 Å². The Balaban J connectivity index is 1.82. The molecule has 0 radical (unpaired) electrons. The van der Waals surface area contributed by atoms with Gasteiger partial charge in [-0.15, -0.1) is 5.10 Å². The highest BCUT2D eigenvalue weighted by molar-refractivity contribution is 5.37. The van der Waals surface area contributed by atoms with Crippen LogP contribution in [-0.2, 0) is 4.74 Å². The Morgan fingerprint density at radius 3 is 3.05 bits per heavy atom. The second-order valence-corrected chi connectivity index (χ2v) is 4.81. The van der Waals surface area contributed by atoms with Crippen molar-refractivity contribution in [1.29, 1.82) is 0 Å². The number of ether oxygens (including phenoxy) is 2. The number of aryl methyl sites for hydroxylation is 1. The van der Waals surface area contributed by atoms with E-state index >= 15 is 0 Å². The first-order valence-electron chi connectivity index (χ1n) is 6.71. The number of nitrogens with zero attached hydrogens (tertiary/aromatic N) is 2. The Kier molecular flexibility index (Phi) is 3.90. The van der Waals surface area contributed by atoms with Crippen LogP contribution in [0.1, 0.15) is 17.2 Å². The van der Waals surface area contributed by atoms with Crippen molar-refractivity contribution < 1.29 is 9.47 Å². The van der Waals surface area contributed by atoms with Gasteiger partial charge in [-0.05, 0) is 36.2 Å². The van der Waals surface area contributed by atoms with E-state index in [4.69, 9.17) is 9.47 Å². The Morgan fingerprint density at radius 1 is 1.35 bits per heavy atom. The lowest BCUT2D eigenvalue weighted by Gasteiger charge is -2.24. The van der Waals surface area contributed by atoms with Crippen molar-refractivity contribution in [3.05, 3.63) is 47.7 Å². The van der Waals surface area contributed by atoms with E-state index < -0.39 is 0 Å². The van der Waals surface area contributed by atoms with Crippen molar-refractivity contribution in [3.8, 4) is 11.6 Å². The summed E-state index contributed by atoms with van der Waals surface area (Å²) < 4.78 is 11.5. The quantitative estimate of drug-likeness (QED) is 0.927. The number of hydrogen-bond donors (Lipinski definition) is 1. The lowest BCUT2D eigenvalue weighted by molar-refractivity contribution is 0.0275. The maximum atomic E-state index is 5.78. The largest absolute Gasteiger partial charge is 0.438 e. The zero-order valence-corrected chi connectivity index (χ0v) is 11.4. The SMILES string of the molecule is Cc1cc(Oc2cccnn2)cc([C@H]2CNCCO2)c1. The summed E-state index contributed by atoms with van der Waals surface area (Å²) in [6, 6.07) is 9.69. The van der Waals surface area contributed by atoms with E-state index in [0.717, 1.165) is 36.6 Å². The van der Waals surface area contributed by atoms with Crippen LogP contribution in [0.25, 0.3) is 0 Å². The lowest BCUT2D eigenvalue weighted by Crippen LogP contribution is -2.33. The molecule has 5 nitrogen and oxygen atoms in total. The molecule has 1 fully saturated rings. The van der Waals surface area contributed by atoms with Crippen molar-refractivity contribution in [2.24, 2.45) is 0 Å². The van der Waals surface area contributed by atoms with Gasteiger partial charge in [-0.2, -0.15) is 5.10 Å². The second-order valence-electron chi connectivity index (χ2n) is 4.81. The van der Waals surface area contributed by atoms with Crippen LogP contribution >= 0.6 is 0 Å². The molecule has 3 rings (SSSR count). The van der Waals surface area contributed by atoms with Crippen LogP contribution in [0.3, 0.4) is 0 Å². The van der Waals surface area contributed by atoms with E-state index in [9.17, 15) is 0 Å². The van der Waals surface area contributed by atoms with E-state index in [1.807, 2.05) is 19.1 Å². The third-order valence-electron chi connectivity index (χ3n) is 3.14. The summed E-state index contributed by atoms with van der Waals surface area (Å²) in [4.78, 5) is 0.